The van der Waals surface area contributed by atoms with Crippen molar-refractivity contribution in [3.8, 4) is 5.88 Å². The average Bonchev–Trinajstić information content (AvgIpc) is 2.71. The van der Waals surface area contributed by atoms with Crippen molar-refractivity contribution in [3.05, 3.63) is 41.3 Å². The molecule has 0 atom stereocenters. The summed E-state index contributed by atoms with van der Waals surface area (Å²) in [5, 5.41) is 13.1. The first kappa shape index (κ1) is 12.1. The van der Waals surface area contributed by atoms with Crippen molar-refractivity contribution in [1.29, 1.82) is 0 Å². The third-order valence-corrected chi connectivity index (χ3v) is 2.55. The molecule has 0 aliphatic rings. The highest BCUT2D eigenvalue weighted by molar-refractivity contribution is 5.88. The van der Waals surface area contributed by atoms with Crippen LogP contribution in [0.5, 0.6) is 5.88 Å². The Kier molecular flexibility index (Phi) is 3.27. The van der Waals surface area contributed by atoms with Crippen LogP contribution in [0.2, 0.25) is 0 Å². The maximum atomic E-state index is 10.9. The number of hydrogen-bond donors (Lipinski definition) is 1. The van der Waals surface area contributed by atoms with Gasteiger partial charge in [0.05, 0.1) is 19.3 Å². The Morgan fingerprint density at radius 1 is 1.56 bits per heavy atom. The highest BCUT2D eigenvalue weighted by atomic mass is 16.5. The van der Waals surface area contributed by atoms with Crippen LogP contribution in [-0.2, 0) is 6.54 Å². The molecule has 6 heteroatoms. The highest BCUT2D eigenvalue weighted by Gasteiger charge is 2.13. The summed E-state index contributed by atoms with van der Waals surface area (Å²) in [5.74, 6) is -0.459. The van der Waals surface area contributed by atoms with Crippen LogP contribution in [0, 0.1) is 6.92 Å². The van der Waals surface area contributed by atoms with Crippen LogP contribution in [0.3, 0.4) is 0 Å². The molecule has 18 heavy (non-hydrogen) atoms. The zero-order valence-corrected chi connectivity index (χ0v) is 10.1. The van der Waals surface area contributed by atoms with Crippen LogP contribution in [-0.4, -0.2) is 33.0 Å². The minimum Gasteiger partial charge on any atom is -0.481 e. The number of aromatic nitrogens is 3. The number of pyridine rings is 1. The number of aryl methyl sites for hydroxylation is 1. The Morgan fingerprint density at radius 2 is 2.33 bits per heavy atom. The number of aromatic carboxylic acids is 1. The summed E-state index contributed by atoms with van der Waals surface area (Å²) in [6.45, 7) is 2.09. The zero-order chi connectivity index (χ0) is 13.1. The average molecular weight is 247 g/mol. The van der Waals surface area contributed by atoms with Gasteiger partial charge in [-0.2, -0.15) is 5.10 Å². The minimum absolute atomic E-state index is 0.206. The van der Waals surface area contributed by atoms with E-state index in [-0.39, 0.29) is 5.56 Å². The lowest BCUT2D eigenvalue weighted by atomic mass is 10.2. The van der Waals surface area contributed by atoms with Gasteiger partial charge in [0.25, 0.3) is 0 Å². The molecule has 1 N–H and O–H groups in total. The predicted octanol–water partition coefficient (Wildman–Crippen LogP) is 1.34. The Balaban J connectivity index is 2.29. The van der Waals surface area contributed by atoms with Crippen LogP contribution in [0.25, 0.3) is 0 Å². The third kappa shape index (κ3) is 2.32. The van der Waals surface area contributed by atoms with Gasteiger partial charge in [-0.3, -0.25) is 4.68 Å². The van der Waals surface area contributed by atoms with Crippen LogP contribution in [0.1, 0.15) is 21.6 Å². The van der Waals surface area contributed by atoms with Crippen LogP contribution in [0.15, 0.2) is 24.5 Å². The largest absolute Gasteiger partial charge is 0.481 e. The molecule has 0 bridgehead atoms. The molecule has 0 spiro atoms. The molecule has 0 fully saturated rings. The normalized spacial score (nSPS) is 10.3. The molecular formula is C12H13N3O3. The van der Waals surface area contributed by atoms with Gasteiger partial charge in [0.15, 0.2) is 0 Å². The topological polar surface area (TPSA) is 77.2 Å². The molecule has 0 amide bonds. The molecule has 0 aliphatic carbocycles. The molecule has 0 aliphatic heterocycles. The molecule has 0 saturated carbocycles. The van der Waals surface area contributed by atoms with E-state index in [1.54, 1.807) is 31.0 Å². The van der Waals surface area contributed by atoms with Gasteiger partial charge in [0.1, 0.15) is 5.56 Å². The summed E-state index contributed by atoms with van der Waals surface area (Å²) < 4.78 is 6.70. The molecule has 94 valence electrons. The first-order chi connectivity index (χ1) is 8.61. The molecular weight excluding hydrogens is 234 g/mol. The number of carboxylic acid groups (broad SMARTS) is 1. The van der Waals surface area contributed by atoms with Gasteiger partial charge >= 0.3 is 5.97 Å². The van der Waals surface area contributed by atoms with E-state index in [1.165, 1.54) is 6.20 Å². The second kappa shape index (κ2) is 4.87. The van der Waals surface area contributed by atoms with Crippen molar-refractivity contribution in [1.82, 2.24) is 14.8 Å². The fourth-order valence-corrected chi connectivity index (χ4v) is 1.71. The molecule has 0 aromatic carbocycles. The van der Waals surface area contributed by atoms with Crippen molar-refractivity contribution >= 4 is 5.97 Å². The van der Waals surface area contributed by atoms with Crippen LogP contribution >= 0.6 is 0 Å². The smallest absolute Gasteiger partial charge is 0.339 e. The molecule has 6 nitrogen and oxygen atoms in total. The van der Waals surface area contributed by atoms with Gasteiger partial charge in [0, 0.05) is 18.0 Å². The summed E-state index contributed by atoms with van der Waals surface area (Å²) in [4.78, 5) is 15.0. The van der Waals surface area contributed by atoms with E-state index < -0.39 is 5.97 Å². The summed E-state index contributed by atoms with van der Waals surface area (Å²) in [6, 6.07) is 3.66. The quantitative estimate of drug-likeness (QED) is 0.882. The Labute approximate surface area is 104 Å². The van der Waals surface area contributed by atoms with E-state index in [0.717, 1.165) is 5.56 Å². The van der Waals surface area contributed by atoms with E-state index in [4.69, 9.17) is 9.84 Å². The van der Waals surface area contributed by atoms with Gasteiger partial charge in [-0.1, -0.05) is 6.07 Å². The van der Waals surface area contributed by atoms with Gasteiger partial charge in [-0.25, -0.2) is 9.78 Å². The second-order valence-electron chi connectivity index (χ2n) is 3.80. The lowest BCUT2D eigenvalue weighted by Crippen LogP contribution is -2.03. The molecule has 2 aromatic rings. The van der Waals surface area contributed by atoms with E-state index >= 15 is 0 Å². The van der Waals surface area contributed by atoms with E-state index in [0.29, 0.717) is 18.1 Å². The lowest BCUT2D eigenvalue weighted by Gasteiger charge is -2.06. The highest BCUT2D eigenvalue weighted by Crippen LogP contribution is 2.15. The molecule has 0 radical (unpaired) electrons. The molecule has 2 rings (SSSR count). The predicted molar refractivity (Wildman–Crippen MR) is 63.8 cm³/mol. The van der Waals surface area contributed by atoms with Crippen molar-refractivity contribution in [3.63, 3.8) is 0 Å². The summed E-state index contributed by atoms with van der Waals surface area (Å²) in [5.41, 5.74) is 1.54. The number of carboxylic acids is 1. The van der Waals surface area contributed by atoms with Crippen LogP contribution < -0.4 is 4.74 Å². The van der Waals surface area contributed by atoms with E-state index in [2.05, 4.69) is 10.1 Å². The summed E-state index contributed by atoms with van der Waals surface area (Å²) >= 11 is 0. The first-order valence-electron chi connectivity index (χ1n) is 5.37. The second-order valence-corrected chi connectivity index (χ2v) is 3.80. The number of carbonyl (C=O) groups is 1. The van der Waals surface area contributed by atoms with Gasteiger partial charge < -0.3 is 9.84 Å². The number of ether oxygens (including phenoxy) is 1. The molecule has 0 unspecified atom stereocenters. The molecule has 0 saturated heterocycles. The number of hydrogen-bond acceptors (Lipinski definition) is 4. The maximum absolute atomic E-state index is 10.9. The van der Waals surface area contributed by atoms with Gasteiger partial charge in [-0.05, 0) is 13.0 Å². The Hall–Kier alpha value is -2.37. The fourth-order valence-electron chi connectivity index (χ4n) is 1.71. The van der Waals surface area contributed by atoms with Crippen molar-refractivity contribution in [2.24, 2.45) is 0 Å². The zero-order valence-electron chi connectivity index (χ0n) is 10.1. The molecule has 2 heterocycles. The summed E-state index contributed by atoms with van der Waals surface area (Å²) in [6.07, 6.45) is 3.14. The number of rotatable bonds is 4. The minimum atomic E-state index is -0.975. The van der Waals surface area contributed by atoms with Gasteiger partial charge in [-0.15, -0.1) is 0 Å². The van der Waals surface area contributed by atoms with E-state index in [9.17, 15) is 4.79 Å². The number of methoxy groups -OCH3 is 1. The number of nitrogens with zero attached hydrogens (tertiary/aromatic N) is 3. The Morgan fingerprint density at radius 3 is 2.94 bits per heavy atom. The van der Waals surface area contributed by atoms with Crippen LogP contribution in [0.4, 0.5) is 0 Å². The first-order valence-corrected chi connectivity index (χ1v) is 5.37. The van der Waals surface area contributed by atoms with Crippen molar-refractivity contribution in [2.75, 3.05) is 7.11 Å². The monoisotopic (exact) mass is 247 g/mol. The Bertz CT molecular complexity index is 578. The fraction of sp³-hybridized carbons (Fsp3) is 0.250. The maximum Gasteiger partial charge on any atom is 0.339 e. The SMILES string of the molecule is COc1ncccc1Cn1cc(C(=O)O)c(C)n1. The van der Waals surface area contributed by atoms with Crippen molar-refractivity contribution in [2.45, 2.75) is 13.5 Å². The standard InChI is InChI=1S/C12H13N3O3/c1-8-10(12(16)17)7-15(14-8)6-9-4-3-5-13-11(9)18-2/h3-5,7H,6H2,1-2H3,(H,16,17). The lowest BCUT2D eigenvalue weighted by molar-refractivity contribution is 0.0696. The molecule has 2 aromatic heterocycles. The van der Waals surface area contributed by atoms with Crippen molar-refractivity contribution < 1.29 is 14.6 Å². The van der Waals surface area contributed by atoms with Gasteiger partial charge in [0.2, 0.25) is 5.88 Å². The third-order valence-electron chi connectivity index (χ3n) is 2.55. The van der Waals surface area contributed by atoms with E-state index in [1.807, 2.05) is 6.07 Å². The summed E-state index contributed by atoms with van der Waals surface area (Å²) in [7, 11) is 1.54.